The normalized spacial score (nSPS) is 52.9. The SMILES string of the molecule is C[C@@H]1[C@@H]2C[C@H](CC2=C2/C(=N\O)[C@@H]3C[C@@H]2C(C)(C)[C@H]3C)C1(C)C. The zero-order valence-electron chi connectivity index (χ0n) is 15.0. The smallest absolute Gasteiger partial charge is 0.0864 e. The van der Waals surface area contributed by atoms with Crippen LogP contribution in [0.1, 0.15) is 60.8 Å². The summed E-state index contributed by atoms with van der Waals surface area (Å²) < 4.78 is 0. The molecule has 4 fully saturated rings. The largest absolute Gasteiger partial charge is 0.411 e. The van der Waals surface area contributed by atoms with E-state index in [1.165, 1.54) is 24.8 Å². The lowest BCUT2D eigenvalue weighted by atomic mass is 9.62. The molecule has 4 aliphatic carbocycles. The molecule has 0 radical (unpaired) electrons. The maximum atomic E-state index is 9.70. The molecule has 0 aromatic rings. The molecule has 0 aliphatic heterocycles. The first-order valence-corrected chi connectivity index (χ1v) is 9.16. The maximum absolute atomic E-state index is 9.70. The molecule has 4 bridgehead atoms. The lowest BCUT2D eigenvalue weighted by molar-refractivity contribution is 0.160. The standard InChI is InChI=1S/C20H31NO/c1-10-13-7-12(19(10,3)4)8-15(13)17-16-9-14(18(17)21-22)11(2)20(16,5)6/h10-14,16,22H,7-9H2,1-6H3/b17-15?,21-18-/t10-,11+,12-,13+,14-,16+/m1/s1. The average Bonchev–Trinajstić information content (AvgIpc) is 3.14. The first-order chi connectivity index (χ1) is 10.2. The predicted molar refractivity (Wildman–Crippen MR) is 89.9 cm³/mol. The summed E-state index contributed by atoms with van der Waals surface area (Å²) in [4.78, 5) is 0. The fraction of sp³-hybridized carbons (Fsp3) is 0.850. The van der Waals surface area contributed by atoms with Crippen molar-refractivity contribution in [3.05, 3.63) is 11.1 Å². The van der Waals surface area contributed by atoms with Crippen LogP contribution in [0, 0.1) is 46.3 Å². The van der Waals surface area contributed by atoms with Gasteiger partial charge in [-0.05, 0) is 65.3 Å². The van der Waals surface area contributed by atoms with E-state index in [0.717, 1.165) is 23.5 Å². The van der Waals surface area contributed by atoms with Crippen molar-refractivity contribution in [2.75, 3.05) is 0 Å². The third-order valence-electron chi connectivity index (χ3n) is 8.88. The lowest BCUT2D eigenvalue weighted by Gasteiger charge is -2.42. The number of nitrogens with zero attached hydrogens (tertiary/aromatic N) is 1. The predicted octanol–water partition coefficient (Wildman–Crippen LogP) is 5.13. The Bertz CT molecular complexity index is 579. The van der Waals surface area contributed by atoms with E-state index in [9.17, 15) is 5.21 Å². The molecule has 2 nitrogen and oxygen atoms in total. The van der Waals surface area contributed by atoms with Crippen molar-refractivity contribution >= 4 is 5.71 Å². The molecule has 0 amide bonds. The first-order valence-electron chi connectivity index (χ1n) is 9.16. The van der Waals surface area contributed by atoms with Crippen LogP contribution in [-0.4, -0.2) is 10.9 Å². The van der Waals surface area contributed by atoms with Crippen molar-refractivity contribution in [2.45, 2.75) is 60.8 Å². The highest BCUT2D eigenvalue weighted by Gasteiger charge is 2.60. The van der Waals surface area contributed by atoms with Crippen molar-refractivity contribution in [2.24, 2.45) is 51.5 Å². The molecule has 6 atom stereocenters. The Hall–Kier alpha value is -0.790. The third-order valence-corrected chi connectivity index (χ3v) is 8.88. The van der Waals surface area contributed by atoms with Crippen LogP contribution in [0.2, 0.25) is 0 Å². The fourth-order valence-electron chi connectivity index (χ4n) is 6.55. The van der Waals surface area contributed by atoms with Gasteiger partial charge in [0.05, 0.1) is 5.71 Å². The molecule has 122 valence electrons. The van der Waals surface area contributed by atoms with E-state index in [0.29, 0.717) is 28.6 Å². The summed E-state index contributed by atoms with van der Waals surface area (Å²) in [5.41, 5.74) is 5.06. The minimum atomic E-state index is 0.349. The van der Waals surface area contributed by atoms with Gasteiger partial charge in [-0.25, -0.2) is 0 Å². The Morgan fingerprint density at radius 1 is 0.955 bits per heavy atom. The summed E-state index contributed by atoms with van der Waals surface area (Å²) in [6.45, 7) is 14.6. The number of hydrogen-bond donors (Lipinski definition) is 1. The molecule has 0 heterocycles. The Balaban J connectivity index is 1.81. The summed E-state index contributed by atoms with van der Waals surface area (Å²) >= 11 is 0. The second kappa shape index (κ2) is 4.19. The Morgan fingerprint density at radius 3 is 2.14 bits per heavy atom. The summed E-state index contributed by atoms with van der Waals surface area (Å²) in [6.07, 6.45) is 3.82. The van der Waals surface area contributed by atoms with Gasteiger partial charge >= 0.3 is 0 Å². The van der Waals surface area contributed by atoms with Crippen LogP contribution in [0.5, 0.6) is 0 Å². The first kappa shape index (κ1) is 14.8. The molecular weight excluding hydrogens is 270 g/mol. The van der Waals surface area contributed by atoms with Gasteiger partial charge in [0.1, 0.15) is 0 Å². The summed E-state index contributed by atoms with van der Waals surface area (Å²) in [5, 5.41) is 13.5. The van der Waals surface area contributed by atoms with Crippen LogP contribution in [0.3, 0.4) is 0 Å². The number of hydrogen-bond acceptors (Lipinski definition) is 2. The van der Waals surface area contributed by atoms with Crippen LogP contribution in [0.15, 0.2) is 16.3 Å². The van der Waals surface area contributed by atoms with E-state index in [4.69, 9.17) is 0 Å². The van der Waals surface area contributed by atoms with Crippen molar-refractivity contribution < 1.29 is 5.21 Å². The van der Waals surface area contributed by atoms with Gasteiger partial charge in [-0.3, -0.25) is 0 Å². The molecule has 0 aromatic carbocycles. The fourth-order valence-corrected chi connectivity index (χ4v) is 6.55. The molecule has 0 unspecified atom stereocenters. The quantitative estimate of drug-likeness (QED) is 0.488. The highest BCUT2D eigenvalue weighted by molar-refractivity contribution is 6.06. The zero-order valence-corrected chi connectivity index (χ0v) is 15.0. The molecule has 2 heteroatoms. The molecule has 0 spiro atoms. The number of rotatable bonds is 0. The summed E-state index contributed by atoms with van der Waals surface area (Å²) in [5.74, 6) is 4.04. The number of oxime groups is 1. The monoisotopic (exact) mass is 301 g/mol. The molecule has 4 rings (SSSR count). The van der Waals surface area contributed by atoms with Crippen LogP contribution < -0.4 is 0 Å². The van der Waals surface area contributed by atoms with E-state index >= 15 is 0 Å². The van der Waals surface area contributed by atoms with E-state index in [1.54, 1.807) is 5.57 Å². The highest BCUT2D eigenvalue weighted by Crippen LogP contribution is 2.66. The minimum Gasteiger partial charge on any atom is -0.411 e. The van der Waals surface area contributed by atoms with E-state index < -0.39 is 0 Å². The van der Waals surface area contributed by atoms with Gasteiger partial charge in [0.25, 0.3) is 0 Å². The van der Waals surface area contributed by atoms with Crippen molar-refractivity contribution in [3.63, 3.8) is 0 Å². The van der Waals surface area contributed by atoms with Gasteiger partial charge < -0.3 is 5.21 Å². The van der Waals surface area contributed by atoms with Gasteiger partial charge in [0.15, 0.2) is 0 Å². The third kappa shape index (κ3) is 1.50. The minimum absolute atomic E-state index is 0.349. The van der Waals surface area contributed by atoms with Gasteiger partial charge in [-0.2, -0.15) is 0 Å². The van der Waals surface area contributed by atoms with Crippen LogP contribution in [0.25, 0.3) is 0 Å². The second-order valence-electron chi connectivity index (χ2n) is 9.78. The van der Waals surface area contributed by atoms with Crippen LogP contribution in [-0.2, 0) is 0 Å². The van der Waals surface area contributed by atoms with E-state index in [-0.39, 0.29) is 0 Å². The number of allylic oxidation sites excluding steroid dienone is 2. The van der Waals surface area contributed by atoms with E-state index in [2.05, 4.69) is 46.7 Å². The number of fused-ring (bicyclic) bond motifs is 4. The molecule has 4 aliphatic rings. The molecule has 0 saturated heterocycles. The molecule has 1 N–H and O–H groups in total. The van der Waals surface area contributed by atoms with Crippen molar-refractivity contribution in [3.8, 4) is 0 Å². The van der Waals surface area contributed by atoms with Crippen molar-refractivity contribution in [1.82, 2.24) is 0 Å². The van der Waals surface area contributed by atoms with Gasteiger partial charge in [0.2, 0.25) is 0 Å². The Labute approximate surface area is 135 Å². The second-order valence-corrected chi connectivity index (χ2v) is 9.78. The Morgan fingerprint density at radius 2 is 1.59 bits per heavy atom. The highest BCUT2D eigenvalue weighted by atomic mass is 16.4. The van der Waals surface area contributed by atoms with Crippen molar-refractivity contribution in [1.29, 1.82) is 0 Å². The maximum Gasteiger partial charge on any atom is 0.0864 e. The average molecular weight is 301 g/mol. The molecule has 22 heavy (non-hydrogen) atoms. The van der Waals surface area contributed by atoms with Crippen LogP contribution >= 0.6 is 0 Å². The molecular formula is C20H31NO. The zero-order chi connectivity index (χ0) is 16.0. The van der Waals surface area contributed by atoms with Gasteiger partial charge in [-0.15, -0.1) is 0 Å². The topological polar surface area (TPSA) is 32.6 Å². The summed E-state index contributed by atoms with van der Waals surface area (Å²) in [7, 11) is 0. The molecule has 0 aromatic heterocycles. The van der Waals surface area contributed by atoms with Gasteiger partial charge in [-0.1, -0.05) is 52.3 Å². The summed E-state index contributed by atoms with van der Waals surface area (Å²) in [6, 6.07) is 0. The van der Waals surface area contributed by atoms with Crippen LogP contribution in [0.4, 0.5) is 0 Å². The van der Waals surface area contributed by atoms with E-state index in [1.807, 2.05) is 0 Å². The molecule has 4 saturated carbocycles. The Kier molecular flexibility index (Phi) is 2.81. The lowest BCUT2D eigenvalue weighted by Crippen LogP contribution is -2.37. The van der Waals surface area contributed by atoms with Gasteiger partial charge in [0, 0.05) is 5.92 Å².